The maximum atomic E-state index is 7.85. The highest BCUT2D eigenvalue weighted by Crippen LogP contribution is 2.22. The van der Waals surface area contributed by atoms with Crippen molar-refractivity contribution < 1.29 is 0 Å². The van der Waals surface area contributed by atoms with E-state index >= 15 is 0 Å². The van der Waals surface area contributed by atoms with Gasteiger partial charge in [-0.3, -0.25) is 5.41 Å². The van der Waals surface area contributed by atoms with Gasteiger partial charge in [-0.1, -0.05) is 71.1 Å². The molecule has 1 aliphatic rings. The SMILES string of the molecule is CCCCCCCCCCCCC1C(=N)C(=N)C(=N)C1N. The van der Waals surface area contributed by atoms with Gasteiger partial charge in [0.25, 0.3) is 0 Å². The van der Waals surface area contributed by atoms with E-state index in [0.29, 0.717) is 0 Å². The molecule has 1 aliphatic carbocycles. The Morgan fingerprint density at radius 2 is 1.24 bits per heavy atom. The standard InChI is InChI=1S/C17H32N4/c1-2-3-4-5-6-7-8-9-10-11-12-13-14(18)16(20)17(21)15(13)19/h13-14,19-21H,2-12,18H2,1H3. The number of hydrogen-bond donors (Lipinski definition) is 4. The molecule has 0 radical (unpaired) electrons. The maximum absolute atomic E-state index is 7.85. The van der Waals surface area contributed by atoms with Crippen molar-refractivity contribution in [2.75, 3.05) is 0 Å². The Morgan fingerprint density at radius 1 is 0.762 bits per heavy atom. The number of nitrogens with two attached hydrogens (primary N) is 1. The van der Waals surface area contributed by atoms with Crippen molar-refractivity contribution in [1.82, 2.24) is 0 Å². The zero-order chi connectivity index (χ0) is 15.7. The molecule has 2 unspecified atom stereocenters. The maximum Gasteiger partial charge on any atom is 0.0975 e. The molecule has 1 saturated carbocycles. The molecule has 120 valence electrons. The van der Waals surface area contributed by atoms with Crippen LogP contribution in [0.1, 0.15) is 77.6 Å². The second-order valence-electron chi connectivity index (χ2n) is 6.31. The fraction of sp³-hybridized carbons (Fsp3) is 0.824. The lowest BCUT2D eigenvalue weighted by atomic mass is 9.94. The highest BCUT2D eigenvalue weighted by Gasteiger charge is 2.37. The van der Waals surface area contributed by atoms with E-state index < -0.39 is 6.04 Å². The van der Waals surface area contributed by atoms with E-state index in [1.54, 1.807) is 0 Å². The lowest BCUT2D eigenvalue weighted by Crippen LogP contribution is -2.32. The second-order valence-corrected chi connectivity index (χ2v) is 6.31. The van der Waals surface area contributed by atoms with Crippen LogP contribution in [0.25, 0.3) is 0 Å². The first kappa shape index (κ1) is 18.0. The Hall–Kier alpha value is -1.03. The molecule has 4 nitrogen and oxygen atoms in total. The van der Waals surface area contributed by atoms with Crippen molar-refractivity contribution in [2.45, 2.75) is 83.6 Å². The van der Waals surface area contributed by atoms with Crippen molar-refractivity contribution in [1.29, 1.82) is 16.2 Å². The smallest absolute Gasteiger partial charge is 0.0975 e. The normalized spacial score (nSPS) is 22.3. The first-order valence-electron chi connectivity index (χ1n) is 8.61. The van der Waals surface area contributed by atoms with Gasteiger partial charge in [0.05, 0.1) is 23.2 Å². The Bertz CT molecular complexity index is 362. The molecule has 0 aromatic heterocycles. The van der Waals surface area contributed by atoms with Crippen LogP contribution < -0.4 is 5.73 Å². The zero-order valence-electron chi connectivity index (χ0n) is 13.5. The summed E-state index contributed by atoms with van der Waals surface area (Å²) in [6, 6.07) is -0.413. The summed E-state index contributed by atoms with van der Waals surface area (Å²) in [5, 5.41) is 23.2. The van der Waals surface area contributed by atoms with Crippen LogP contribution in [-0.4, -0.2) is 23.2 Å². The Labute approximate surface area is 129 Å². The van der Waals surface area contributed by atoms with Crippen molar-refractivity contribution in [2.24, 2.45) is 11.7 Å². The van der Waals surface area contributed by atoms with Gasteiger partial charge >= 0.3 is 0 Å². The molecular formula is C17H32N4. The van der Waals surface area contributed by atoms with Gasteiger partial charge < -0.3 is 16.6 Å². The largest absolute Gasteiger partial charge is 0.322 e. The van der Waals surface area contributed by atoms with E-state index in [1.807, 2.05) is 0 Å². The lowest BCUT2D eigenvalue weighted by Gasteiger charge is -2.13. The average Bonchev–Trinajstić information content (AvgIpc) is 2.66. The minimum absolute atomic E-state index is 0.0552. The summed E-state index contributed by atoms with van der Waals surface area (Å²) in [4.78, 5) is 0. The Morgan fingerprint density at radius 3 is 1.67 bits per heavy atom. The van der Waals surface area contributed by atoms with Gasteiger partial charge in [-0.25, -0.2) is 0 Å². The van der Waals surface area contributed by atoms with Crippen LogP contribution in [0.2, 0.25) is 0 Å². The molecule has 21 heavy (non-hydrogen) atoms. The molecule has 0 aliphatic heterocycles. The van der Waals surface area contributed by atoms with Gasteiger partial charge in [0, 0.05) is 5.92 Å². The predicted octanol–water partition coefficient (Wildman–Crippen LogP) is 4.31. The molecule has 4 heteroatoms. The summed E-state index contributed by atoms with van der Waals surface area (Å²) in [5.41, 5.74) is 6.40. The molecule has 0 saturated heterocycles. The second kappa shape index (κ2) is 9.82. The third-order valence-electron chi connectivity index (χ3n) is 4.54. The van der Waals surface area contributed by atoms with Gasteiger partial charge in [0.15, 0.2) is 0 Å². The van der Waals surface area contributed by atoms with Crippen LogP contribution >= 0.6 is 0 Å². The van der Waals surface area contributed by atoms with Gasteiger partial charge in [-0.05, 0) is 6.42 Å². The summed E-state index contributed by atoms with van der Waals surface area (Å²) in [7, 11) is 0. The highest BCUT2D eigenvalue weighted by atomic mass is 14.8. The summed E-state index contributed by atoms with van der Waals surface area (Å²) < 4.78 is 0. The van der Waals surface area contributed by atoms with Gasteiger partial charge in [0.1, 0.15) is 0 Å². The van der Waals surface area contributed by atoms with Crippen molar-refractivity contribution >= 4 is 17.1 Å². The van der Waals surface area contributed by atoms with E-state index in [4.69, 9.17) is 22.0 Å². The number of unbranched alkanes of at least 4 members (excludes halogenated alkanes) is 9. The Kier molecular flexibility index (Phi) is 8.43. The van der Waals surface area contributed by atoms with Crippen LogP contribution in [0, 0.1) is 22.1 Å². The number of nitrogens with one attached hydrogen (secondary N) is 3. The van der Waals surface area contributed by atoms with Crippen LogP contribution in [0.3, 0.4) is 0 Å². The van der Waals surface area contributed by atoms with Crippen molar-refractivity contribution in [3.63, 3.8) is 0 Å². The molecule has 1 fully saturated rings. The average molecular weight is 292 g/mol. The molecule has 1 rings (SSSR count). The minimum atomic E-state index is -0.413. The molecule has 5 N–H and O–H groups in total. The number of rotatable bonds is 11. The lowest BCUT2D eigenvalue weighted by molar-refractivity contribution is 0.513. The minimum Gasteiger partial charge on any atom is -0.322 e. The van der Waals surface area contributed by atoms with Crippen molar-refractivity contribution in [3.05, 3.63) is 0 Å². The fourth-order valence-corrected chi connectivity index (χ4v) is 3.05. The first-order chi connectivity index (χ1) is 10.1. The van der Waals surface area contributed by atoms with E-state index in [9.17, 15) is 0 Å². The fourth-order valence-electron chi connectivity index (χ4n) is 3.05. The molecule has 0 aromatic carbocycles. The van der Waals surface area contributed by atoms with Gasteiger partial charge in [-0.2, -0.15) is 0 Å². The topological polar surface area (TPSA) is 97.6 Å². The van der Waals surface area contributed by atoms with Crippen LogP contribution in [0.4, 0.5) is 0 Å². The van der Waals surface area contributed by atoms with Crippen LogP contribution in [0.15, 0.2) is 0 Å². The van der Waals surface area contributed by atoms with Gasteiger partial charge in [-0.15, -0.1) is 0 Å². The zero-order valence-corrected chi connectivity index (χ0v) is 13.5. The van der Waals surface area contributed by atoms with E-state index in [1.165, 1.54) is 57.8 Å². The highest BCUT2D eigenvalue weighted by molar-refractivity contribution is 6.71. The van der Waals surface area contributed by atoms with Crippen LogP contribution in [0.5, 0.6) is 0 Å². The summed E-state index contributed by atoms with van der Waals surface area (Å²) in [5.74, 6) is -0.0842. The van der Waals surface area contributed by atoms with Gasteiger partial charge in [0.2, 0.25) is 0 Å². The molecule has 0 heterocycles. The molecular weight excluding hydrogens is 260 g/mol. The molecule has 2 atom stereocenters. The monoisotopic (exact) mass is 292 g/mol. The summed E-state index contributed by atoms with van der Waals surface area (Å²) >= 11 is 0. The third-order valence-corrected chi connectivity index (χ3v) is 4.54. The quantitative estimate of drug-likeness (QED) is 0.419. The summed E-state index contributed by atoms with van der Waals surface area (Å²) in [6.45, 7) is 2.25. The molecule has 0 spiro atoms. The van der Waals surface area contributed by atoms with E-state index in [-0.39, 0.29) is 23.1 Å². The molecule has 0 amide bonds. The van der Waals surface area contributed by atoms with Crippen LogP contribution in [-0.2, 0) is 0 Å². The Balaban J connectivity index is 2.01. The number of hydrogen-bond acceptors (Lipinski definition) is 4. The van der Waals surface area contributed by atoms with E-state index in [2.05, 4.69) is 6.92 Å². The van der Waals surface area contributed by atoms with E-state index in [0.717, 1.165) is 12.8 Å². The van der Waals surface area contributed by atoms with Crippen molar-refractivity contribution in [3.8, 4) is 0 Å². The third kappa shape index (κ3) is 5.70. The predicted molar refractivity (Wildman–Crippen MR) is 91.1 cm³/mol. The molecule has 0 aromatic rings. The molecule has 0 bridgehead atoms. The first-order valence-corrected chi connectivity index (χ1v) is 8.61. The summed E-state index contributed by atoms with van der Waals surface area (Å²) in [6.07, 6.45) is 13.9.